The van der Waals surface area contributed by atoms with Crippen molar-refractivity contribution in [3.05, 3.63) is 0 Å². The molecule has 3 heteroatoms. The van der Waals surface area contributed by atoms with Gasteiger partial charge in [0, 0.05) is 12.1 Å². The first-order chi connectivity index (χ1) is 5.90. The Labute approximate surface area is 79.8 Å². The van der Waals surface area contributed by atoms with E-state index in [1.165, 1.54) is 0 Å². The van der Waals surface area contributed by atoms with Crippen LogP contribution in [0, 0.1) is 5.41 Å². The zero-order valence-electron chi connectivity index (χ0n) is 8.94. The molecular formula is C10H19NO2. The Kier molecular flexibility index (Phi) is 2.66. The van der Waals surface area contributed by atoms with Crippen molar-refractivity contribution in [3.8, 4) is 0 Å². The molecule has 1 unspecified atom stereocenters. The van der Waals surface area contributed by atoms with Crippen LogP contribution in [-0.2, 0) is 9.53 Å². The molecule has 1 fully saturated rings. The number of esters is 1. The van der Waals surface area contributed by atoms with Gasteiger partial charge in [-0.3, -0.25) is 4.79 Å². The van der Waals surface area contributed by atoms with E-state index < -0.39 is 0 Å². The highest BCUT2D eigenvalue weighted by atomic mass is 16.5. The van der Waals surface area contributed by atoms with E-state index >= 15 is 0 Å². The van der Waals surface area contributed by atoms with Crippen LogP contribution >= 0.6 is 0 Å². The molecule has 1 N–H and O–H groups in total. The molecule has 1 atom stereocenters. The van der Waals surface area contributed by atoms with Gasteiger partial charge in [0.2, 0.25) is 0 Å². The number of rotatable bonds is 2. The van der Waals surface area contributed by atoms with E-state index in [0.717, 1.165) is 13.0 Å². The van der Waals surface area contributed by atoms with Crippen LogP contribution in [0.4, 0.5) is 0 Å². The lowest BCUT2D eigenvalue weighted by molar-refractivity contribution is -0.153. The summed E-state index contributed by atoms with van der Waals surface area (Å²) in [6.45, 7) is 9.21. The summed E-state index contributed by atoms with van der Waals surface area (Å²) in [5.41, 5.74) is -0.277. The number of carbonyl (C=O) groups excluding carboxylic acids is 1. The fourth-order valence-corrected chi connectivity index (χ4v) is 1.98. The molecular weight excluding hydrogens is 166 g/mol. The van der Waals surface area contributed by atoms with Gasteiger partial charge in [-0.2, -0.15) is 0 Å². The minimum absolute atomic E-state index is 0.0571. The number of hydrogen-bond acceptors (Lipinski definition) is 3. The first kappa shape index (κ1) is 10.5. The van der Waals surface area contributed by atoms with Crippen LogP contribution in [0.15, 0.2) is 0 Å². The lowest BCUT2D eigenvalue weighted by atomic mass is 9.84. The molecule has 3 nitrogen and oxygen atoms in total. The van der Waals surface area contributed by atoms with Gasteiger partial charge in [0.15, 0.2) is 0 Å². The second-order valence-electron chi connectivity index (χ2n) is 4.70. The van der Waals surface area contributed by atoms with Crippen molar-refractivity contribution in [3.63, 3.8) is 0 Å². The summed E-state index contributed by atoms with van der Waals surface area (Å²) < 4.78 is 5.04. The molecule has 76 valence electrons. The Morgan fingerprint density at radius 2 is 2.08 bits per heavy atom. The molecule has 0 bridgehead atoms. The summed E-state index contributed by atoms with van der Waals surface area (Å²) in [6.07, 6.45) is 0.846. The molecule has 0 aliphatic carbocycles. The highest BCUT2D eigenvalue weighted by Crippen LogP contribution is 2.35. The smallest absolute Gasteiger partial charge is 0.313 e. The van der Waals surface area contributed by atoms with Crippen LogP contribution in [0.25, 0.3) is 0 Å². The Bertz CT molecular complexity index is 213. The minimum atomic E-state index is -0.334. The fourth-order valence-electron chi connectivity index (χ4n) is 1.98. The molecule has 1 heterocycles. The van der Waals surface area contributed by atoms with Crippen molar-refractivity contribution >= 4 is 5.97 Å². The van der Waals surface area contributed by atoms with Crippen LogP contribution in [0.1, 0.15) is 34.1 Å². The third kappa shape index (κ3) is 2.21. The molecule has 0 aromatic carbocycles. The molecule has 1 aliphatic rings. The Hall–Kier alpha value is -0.570. The zero-order valence-corrected chi connectivity index (χ0v) is 8.94. The molecule has 1 saturated heterocycles. The van der Waals surface area contributed by atoms with Gasteiger partial charge in [0.25, 0.3) is 0 Å². The summed E-state index contributed by atoms with van der Waals surface area (Å²) in [6, 6.07) is 0. The highest BCUT2D eigenvalue weighted by molar-refractivity contribution is 5.77. The lowest BCUT2D eigenvalue weighted by Gasteiger charge is -2.22. The Morgan fingerprint density at radius 1 is 1.46 bits per heavy atom. The second-order valence-corrected chi connectivity index (χ2v) is 4.70. The predicted octanol–water partition coefficient (Wildman–Crippen LogP) is 1.33. The predicted molar refractivity (Wildman–Crippen MR) is 51.4 cm³/mol. The molecule has 0 aromatic heterocycles. The third-order valence-electron chi connectivity index (χ3n) is 2.56. The molecule has 0 radical (unpaired) electrons. The molecule has 0 aromatic rings. The first-order valence-corrected chi connectivity index (χ1v) is 4.82. The van der Waals surface area contributed by atoms with Gasteiger partial charge < -0.3 is 10.1 Å². The number of ether oxygens (including phenoxy) is 1. The van der Waals surface area contributed by atoms with Crippen LogP contribution in [-0.4, -0.2) is 24.7 Å². The summed E-state index contributed by atoms with van der Waals surface area (Å²) in [4.78, 5) is 11.6. The van der Waals surface area contributed by atoms with Gasteiger partial charge in [-0.15, -0.1) is 0 Å². The van der Waals surface area contributed by atoms with Gasteiger partial charge in [0.1, 0.15) is 0 Å². The second kappa shape index (κ2) is 3.29. The highest BCUT2D eigenvalue weighted by Gasteiger charge is 2.45. The lowest BCUT2D eigenvalue weighted by Crippen LogP contribution is -2.32. The average molecular weight is 185 g/mol. The third-order valence-corrected chi connectivity index (χ3v) is 2.56. The molecule has 13 heavy (non-hydrogen) atoms. The van der Waals surface area contributed by atoms with Gasteiger partial charge in [-0.1, -0.05) is 0 Å². The van der Waals surface area contributed by atoms with Crippen molar-refractivity contribution < 1.29 is 9.53 Å². The van der Waals surface area contributed by atoms with Crippen LogP contribution in [0.5, 0.6) is 0 Å². The molecule has 1 aliphatic heterocycles. The van der Waals surface area contributed by atoms with E-state index in [2.05, 4.69) is 19.2 Å². The van der Waals surface area contributed by atoms with Crippen molar-refractivity contribution in [2.24, 2.45) is 5.41 Å². The van der Waals surface area contributed by atoms with Crippen molar-refractivity contribution in [2.45, 2.75) is 39.7 Å². The molecule has 0 amide bonds. The largest absolute Gasteiger partial charge is 0.466 e. The van der Waals surface area contributed by atoms with E-state index in [1.54, 1.807) is 0 Å². The number of hydrogen-bond donors (Lipinski definition) is 1. The number of nitrogens with one attached hydrogen (secondary N) is 1. The molecule has 0 spiro atoms. The topological polar surface area (TPSA) is 38.3 Å². The normalized spacial score (nSPS) is 31.7. The summed E-state index contributed by atoms with van der Waals surface area (Å²) in [5.74, 6) is -0.0759. The Balaban J connectivity index is 2.64. The average Bonchev–Trinajstić information content (AvgIpc) is 2.28. The minimum Gasteiger partial charge on any atom is -0.466 e. The maximum absolute atomic E-state index is 11.6. The SMILES string of the molecule is CCOC(=O)C1(C)CNC(C)(C)C1. The van der Waals surface area contributed by atoms with E-state index in [9.17, 15) is 4.79 Å². The van der Waals surface area contributed by atoms with Crippen LogP contribution < -0.4 is 5.32 Å². The Morgan fingerprint density at radius 3 is 2.46 bits per heavy atom. The van der Waals surface area contributed by atoms with Crippen molar-refractivity contribution in [1.29, 1.82) is 0 Å². The number of carbonyl (C=O) groups is 1. The molecule has 1 rings (SSSR count). The van der Waals surface area contributed by atoms with E-state index in [1.807, 2.05) is 13.8 Å². The quantitative estimate of drug-likeness (QED) is 0.659. The van der Waals surface area contributed by atoms with Gasteiger partial charge in [-0.05, 0) is 34.1 Å². The summed E-state index contributed by atoms with van der Waals surface area (Å²) >= 11 is 0. The fraction of sp³-hybridized carbons (Fsp3) is 0.900. The van der Waals surface area contributed by atoms with Crippen LogP contribution in [0.2, 0.25) is 0 Å². The van der Waals surface area contributed by atoms with Gasteiger partial charge in [0.05, 0.1) is 12.0 Å². The summed E-state index contributed by atoms with van der Waals surface area (Å²) in [7, 11) is 0. The van der Waals surface area contributed by atoms with Crippen molar-refractivity contribution in [2.75, 3.05) is 13.2 Å². The van der Waals surface area contributed by atoms with Gasteiger partial charge >= 0.3 is 5.97 Å². The van der Waals surface area contributed by atoms with Crippen molar-refractivity contribution in [1.82, 2.24) is 5.32 Å². The van der Waals surface area contributed by atoms with Crippen LogP contribution in [0.3, 0.4) is 0 Å². The first-order valence-electron chi connectivity index (χ1n) is 4.82. The van der Waals surface area contributed by atoms with E-state index in [-0.39, 0.29) is 16.9 Å². The van der Waals surface area contributed by atoms with Gasteiger partial charge in [-0.25, -0.2) is 0 Å². The maximum Gasteiger partial charge on any atom is 0.313 e. The zero-order chi connectivity index (χ0) is 10.1. The van der Waals surface area contributed by atoms with E-state index in [4.69, 9.17) is 4.74 Å². The monoisotopic (exact) mass is 185 g/mol. The maximum atomic E-state index is 11.6. The summed E-state index contributed by atoms with van der Waals surface area (Å²) in [5, 5.41) is 3.32. The molecule has 0 saturated carbocycles. The van der Waals surface area contributed by atoms with E-state index in [0.29, 0.717) is 6.61 Å². The standard InChI is InChI=1S/C10H19NO2/c1-5-13-8(12)10(4)6-9(2,3)11-7-10/h11H,5-7H2,1-4H3.